The first-order valence-corrected chi connectivity index (χ1v) is 20.4. The molecule has 2 rings (SSSR count). The van der Waals surface area contributed by atoms with E-state index in [1.807, 2.05) is 0 Å². The highest BCUT2D eigenvalue weighted by Gasteiger charge is 2.41. The molecule has 2 saturated heterocycles. The zero-order valence-electron chi connectivity index (χ0n) is 32.3. The molecule has 9 heteroatoms. The fraction of sp³-hybridized carbons (Fsp3) is 1.00. The smallest absolute Gasteiger partial charge is 0.146 e. The standard InChI is InChI=1S/C40H78O9/c1-5-6-7-8-9-13-16-19-24-35(46-32-43-3)37-26-28-39(48-37)40-29-27-38(49-40)36(47-33-44-4)25-20-17-14-11-10-12-15-18-22-34(23-21-30-41)45-31-42-2/h34-41H,5-33H2,1-4H3/t34-,35+,36-,37-,38-,39-,40-/m1/s1. The summed E-state index contributed by atoms with van der Waals surface area (Å²) in [6.45, 7) is 3.47. The average molecular weight is 703 g/mol. The topological polar surface area (TPSA) is 94.1 Å². The van der Waals surface area contributed by atoms with Gasteiger partial charge >= 0.3 is 0 Å². The monoisotopic (exact) mass is 703 g/mol. The molecule has 0 bridgehead atoms. The molecule has 0 aromatic rings. The van der Waals surface area contributed by atoms with Gasteiger partial charge in [-0.05, 0) is 57.8 Å². The molecular weight excluding hydrogens is 624 g/mol. The predicted octanol–water partition coefficient (Wildman–Crippen LogP) is 9.25. The molecule has 2 aliphatic heterocycles. The molecular formula is C40H78O9. The Balaban J connectivity index is 1.64. The Kier molecular flexibility index (Phi) is 28.5. The molecule has 9 nitrogen and oxygen atoms in total. The zero-order chi connectivity index (χ0) is 35.2. The van der Waals surface area contributed by atoms with E-state index in [2.05, 4.69) is 6.92 Å². The number of ether oxygens (including phenoxy) is 8. The first kappa shape index (κ1) is 44.8. The maximum atomic E-state index is 9.12. The summed E-state index contributed by atoms with van der Waals surface area (Å²) in [6.07, 6.45) is 30.2. The van der Waals surface area contributed by atoms with Crippen LogP contribution in [0.2, 0.25) is 0 Å². The Morgan fingerprint density at radius 2 is 0.878 bits per heavy atom. The molecule has 0 radical (unpaired) electrons. The Morgan fingerprint density at radius 3 is 1.31 bits per heavy atom. The van der Waals surface area contributed by atoms with E-state index in [0.717, 1.165) is 64.2 Å². The molecule has 0 aromatic carbocycles. The van der Waals surface area contributed by atoms with E-state index in [9.17, 15) is 0 Å². The highest BCUT2D eigenvalue weighted by atomic mass is 16.7. The molecule has 0 unspecified atom stereocenters. The number of aliphatic hydroxyl groups is 1. The average Bonchev–Trinajstić information content (AvgIpc) is 3.81. The van der Waals surface area contributed by atoms with E-state index in [4.69, 9.17) is 43.0 Å². The van der Waals surface area contributed by atoms with Gasteiger partial charge in [0, 0.05) is 27.9 Å². The van der Waals surface area contributed by atoms with Gasteiger partial charge in [-0.2, -0.15) is 0 Å². The van der Waals surface area contributed by atoms with Crippen molar-refractivity contribution in [2.45, 2.75) is 210 Å². The highest BCUT2D eigenvalue weighted by molar-refractivity contribution is 4.90. The molecule has 292 valence electrons. The molecule has 0 saturated carbocycles. The minimum atomic E-state index is 0.0704. The molecule has 7 atom stereocenters. The Hall–Kier alpha value is -0.360. The van der Waals surface area contributed by atoms with Crippen LogP contribution in [0, 0.1) is 0 Å². The summed E-state index contributed by atoms with van der Waals surface area (Å²) in [4.78, 5) is 0. The van der Waals surface area contributed by atoms with Crippen molar-refractivity contribution in [1.29, 1.82) is 0 Å². The van der Waals surface area contributed by atoms with Gasteiger partial charge in [-0.1, -0.05) is 110 Å². The van der Waals surface area contributed by atoms with Crippen LogP contribution in [-0.2, 0) is 37.9 Å². The van der Waals surface area contributed by atoms with Crippen LogP contribution in [0.5, 0.6) is 0 Å². The molecule has 0 spiro atoms. The molecule has 0 amide bonds. The van der Waals surface area contributed by atoms with Gasteiger partial charge in [0.25, 0.3) is 0 Å². The number of unbranched alkanes of at least 4 members (excludes halogenated alkanes) is 14. The third kappa shape index (κ3) is 21.1. The van der Waals surface area contributed by atoms with Crippen LogP contribution >= 0.6 is 0 Å². The van der Waals surface area contributed by atoms with Crippen LogP contribution in [0.25, 0.3) is 0 Å². The van der Waals surface area contributed by atoms with E-state index in [0.29, 0.717) is 20.4 Å². The van der Waals surface area contributed by atoms with Crippen molar-refractivity contribution in [3.05, 3.63) is 0 Å². The summed E-state index contributed by atoms with van der Waals surface area (Å²) in [5, 5.41) is 9.12. The van der Waals surface area contributed by atoms with Crippen molar-refractivity contribution in [2.24, 2.45) is 0 Å². The van der Waals surface area contributed by atoms with Crippen molar-refractivity contribution in [3.8, 4) is 0 Å². The molecule has 0 aliphatic carbocycles. The van der Waals surface area contributed by atoms with Crippen molar-refractivity contribution < 1.29 is 43.0 Å². The van der Waals surface area contributed by atoms with Crippen LogP contribution in [0.4, 0.5) is 0 Å². The zero-order valence-corrected chi connectivity index (χ0v) is 32.3. The number of hydrogen-bond donors (Lipinski definition) is 1. The molecule has 2 heterocycles. The summed E-state index contributed by atoms with van der Waals surface area (Å²) >= 11 is 0. The van der Waals surface area contributed by atoms with Crippen LogP contribution in [-0.4, -0.2) is 96.1 Å². The van der Waals surface area contributed by atoms with E-state index in [1.54, 1.807) is 21.3 Å². The Bertz CT molecular complexity index is 705. The van der Waals surface area contributed by atoms with Gasteiger partial charge in [0.05, 0.1) is 42.7 Å². The van der Waals surface area contributed by atoms with Crippen LogP contribution in [0.15, 0.2) is 0 Å². The van der Waals surface area contributed by atoms with Gasteiger partial charge in [0.2, 0.25) is 0 Å². The van der Waals surface area contributed by atoms with Crippen molar-refractivity contribution in [1.82, 2.24) is 0 Å². The molecule has 2 fully saturated rings. The van der Waals surface area contributed by atoms with Crippen molar-refractivity contribution in [3.63, 3.8) is 0 Å². The predicted molar refractivity (Wildman–Crippen MR) is 196 cm³/mol. The number of rotatable bonds is 35. The molecule has 0 aromatic heterocycles. The lowest BCUT2D eigenvalue weighted by Gasteiger charge is -2.27. The third-order valence-electron chi connectivity index (χ3n) is 10.4. The van der Waals surface area contributed by atoms with E-state index in [1.165, 1.54) is 96.3 Å². The minimum Gasteiger partial charge on any atom is -0.396 e. The number of hydrogen-bond acceptors (Lipinski definition) is 9. The van der Waals surface area contributed by atoms with Gasteiger partial charge in [-0.25, -0.2) is 0 Å². The quantitative estimate of drug-likeness (QED) is 0.0512. The molecule has 2 aliphatic rings. The van der Waals surface area contributed by atoms with E-state index >= 15 is 0 Å². The summed E-state index contributed by atoms with van der Waals surface area (Å²) in [7, 11) is 5.05. The molecule has 1 N–H and O–H groups in total. The van der Waals surface area contributed by atoms with Crippen LogP contribution in [0.3, 0.4) is 0 Å². The largest absolute Gasteiger partial charge is 0.396 e. The van der Waals surface area contributed by atoms with Gasteiger partial charge in [-0.15, -0.1) is 0 Å². The van der Waals surface area contributed by atoms with Gasteiger partial charge in [0.1, 0.15) is 20.4 Å². The van der Waals surface area contributed by atoms with E-state index < -0.39 is 0 Å². The highest BCUT2D eigenvalue weighted by Crippen LogP contribution is 2.36. The fourth-order valence-corrected chi connectivity index (χ4v) is 7.59. The first-order valence-electron chi connectivity index (χ1n) is 20.4. The summed E-state index contributed by atoms with van der Waals surface area (Å²) in [5.41, 5.74) is 0. The molecule has 49 heavy (non-hydrogen) atoms. The van der Waals surface area contributed by atoms with Crippen LogP contribution in [0.1, 0.15) is 167 Å². The third-order valence-corrected chi connectivity index (χ3v) is 10.4. The maximum absolute atomic E-state index is 9.12. The minimum absolute atomic E-state index is 0.0704. The first-order chi connectivity index (χ1) is 24.2. The van der Waals surface area contributed by atoms with Gasteiger partial charge in [-0.3, -0.25) is 0 Å². The van der Waals surface area contributed by atoms with Crippen molar-refractivity contribution >= 4 is 0 Å². The Morgan fingerprint density at radius 1 is 0.490 bits per heavy atom. The lowest BCUT2D eigenvalue weighted by atomic mass is 10.00. The second-order valence-electron chi connectivity index (χ2n) is 14.5. The summed E-state index contributed by atoms with van der Waals surface area (Å²) < 4.78 is 47.0. The normalized spacial score (nSPS) is 23.0. The van der Waals surface area contributed by atoms with Crippen molar-refractivity contribution in [2.75, 3.05) is 48.3 Å². The van der Waals surface area contributed by atoms with Crippen LogP contribution < -0.4 is 0 Å². The van der Waals surface area contributed by atoms with Gasteiger partial charge in [0.15, 0.2) is 0 Å². The number of aliphatic hydroxyl groups excluding tert-OH is 1. The van der Waals surface area contributed by atoms with Gasteiger partial charge < -0.3 is 43.0 Å². The lowest BCUT2D eigenvalue weighted by Crippen LogP contribution is -2.35. The second kappa shape index (κ2) is 31.2. The second-order valence-corrected chi connectivity index (χ2v) is 14.5. The maximum Gasteiger partial charge on any atom is 0.146 e. The SMILES string of the molecule is CCCCCCCCCC[C@H](OCOC)[C@H]1CC[C@H]([C@H]2CC[C@H]([C@@H](CCCCCCCCCC[C@H](CCCO)OCOC)OCOC)O2)O1. The fourth-order valence-electron chi connectivity index (χ4n) is 7.59. The summed E-state index contributed by atoms with van der Waals surface area (Å²) in [5.74, 6) is 0. The Labute approximate surface area is 301 Å². The van der Waals surface area contributed by atoms with E-state index in [-0.39, 0.29) is 49.3 Å². The number of methoxy groups -OCH3 is 3. The lowest BCUT2D eigenvalue weighted by molar-refractivity contribution is -0.158. The summed E-state index contributed by atoms with van der Waals surface area (Å²) in [6, 6.07) is 0.